The highest BCUT2D eigenvalue weighted by molar-refractivity contribution is 7.17. The molecule has 3 rings (SSSR count). The van der Waals surface area contributed by atoms with Crippen molar-refractivity contribution in [2.24, 2.45) is 5.92 Å². The third kappa shape index (κ3) is 1.97. The summed E-state index contributed by atoms with van der Waals surface area (Å²) in [5.41, 5.74) is 2.42. The van der Waals surface area contributed by atoms with Crippen molar-refractivity contribution in [2.75, 3.05) is 0 Å². The van der Waals surface area contributed by atoms with Crippen LogP contribution in [-0.2, 0) is 6.54 Å². The molecular weight excluding hydrogens is 216 g/mol. The number of fused-ring (bicyclic) bond motifs is 1. The van der Waals surface area contributed by atoms with Crippen molar-refractivity contribution in [1.29, 1.82) is 0 Å². The number of nitrogens with one attached hydrogen (secondary N) is 1. The van der Waals surface area contributed by atoms with Gasteiger partial charge < -0.3 is 5.32 Å². The van der Waals surface area contributed by atoms with Gasteiger partial charge in [0.15, 0.2) is 0 Å². The van der Waals surface area contributed by atoms with Gasteiger partial charge >= 0.3 is 0 Å². The molecule has 1 aliphatic rings. The minimum atomic E-state index is 0.731. The molecule has 2 aromatic rings. The zero-order chi connectivity index (χ0) is 11.0. The molecule has 1 fully saturated rings. The second-order valence-electron chi connectivity index (χ2n) is 4.80. The summed E-state index contributed by atoms with van der Waals surface area (Å²) in [4.78, 5) is 4.45. The molecule has 0 saturated heterocycles. The summed E-state index contributed by atoms with van der Waals surface area (Å²) in [5, 5.41) is 5.69. The zero-order valence-corrected chi connectivity index (χ0v) is 10.3. The molecule has 0 spiro atoms. The summed E-state index contributed by atoms with van der Waals surface area (Å²) in [6.45, 7) is 3.27. The highest BCUT2D eigenvalue weighted by Gasteiger charge is 2.24. The van der Waals surface area contributed by atoms with Gasteiger partial charge in [0, 0.05) is 18.8 Å². The highest BCUT2D eigenvalue weighted by atomic mass is 32.1. The first-order valence-electron chi connectivity index (χ1n) is 5.87. The van der Waals surface area contributed by atoms with Crippen LogP contribution in [0.3, 0.4) is 0 Å². The van der Waals surface area contributed by atoms with Crippen molar-refractivity contribution >= 4 is 21.6 Å². The maximum Gasteiger partial charge on any atom is 0.0809 e. The number of aromatic nitrogens is 1. The van der Waals surface area contributed by atoms with Gasteiger partial charge in [0.05, 0.1) is 10.2 Å². The molecule has 3 heteroatoms. The molecule has 2 heterocycles. The van der Waals surface area contributed by atoms with E-state index in [1.807, 2.05) is 6.20 Å². The van der Waals surface area contributed by atoms with Gasteiger partial charge in [-0.15, -0.1) is 11.3 Å². The first kappa shape index (κ1) is 10.2. The Morgan fingerprint density at radius 3 is 3.19 bits per heavy atom. The van der Waals surface area contributed by atoms with E-state index >= 15 is 0 Å². The molecule has 1 saturated carbocycles. The van der Waals surface area contributed by atoms with E-state index in [4.69, 9.17) is 0 Å². The van der Waals surface area contributed by atoms with E-state index in [9.17, 15) is 0 Å². The first-order valence-corrected chi connectivity index (χ1v) is 6.75. The van der Waals surface area contributed by atoms with E-state index in [2.05, 4.69) is 34.7 Å². The largest absolute Gasteiger partial charge is 0.310 e. The van der Waals surface area contributed by atoms with Crippen LogP contribution in [0, 0.1) is 5.92 Å². The highest BCUT2D eigenvalue weighted by Crippen LogP contribution is 2.26. The fourth-order valence-corrected chi connectivity index (χ4v) is 3.12. The SMILES string of the molecule is CC1CC(NCc2cnc3ccsc3c2)C1. The van der Waals surface area contributed by atoms with Gasteiger partial charge in [-0.3, -0.25) is 4.98 Å². The number of hydrogen-bond donors (Lipinski definition) is 1. The van der Waals surface area contributed by atoms with E-state index in [0.29, 0.717) is 0 Å². The molecule has 84 valence electrons. The van der Waals surface area contributed by atoms with Crippen LogP contribution in [0.4, 0.5) is 0 Å². The van der Waals surface area contributed by atoms with Gasteiger partial charge in [-0.25, -0.2) is 0 Å². The summed E-state index contributed by atoms with van der Waals surface area (Å²) in [6, 6.07) is 5.06. The lowest BCUT2D eigenvalue weighted by atomic mass is 9.82. The normalized spacial score (nSPS) is 24.6. The Hall–Kier alpha value is -0.930. The number of rotatable bonds is 3. The Kier molecular flexibility index (Phi) is 2.65. The minimum Gasteiger partial charge on any atom is -0.310 e. The van der Waals surface area contributed by atoms with Crippen LogP contribution in [0.1, 0.15) is 25.3 Å². The van der Waals surface area contributed by atoms with E-state index in [1.165, 1.54) is 23.1 Å². The van der Waals surface area contributed by atoms with Crippen LogP contribution < -0.4 is 5.32 Å². The van der Waals surface area contributed by atoms with Crippen molar-refractivity contribution in [3.63, 3.8) is 0 Å². The fraction of sp³-hybridized carbons (Fsp3) is 0.462. The Balaban J connectivity index is 1.65. The molecule has 2 nitrogen and oxygen atoms in total. The fourth-order valence-electron chi connectivity index (χ4n) is 2.31. The quantitative estimate of drug-likeness (QED) is 0.879. The van der Waals surface area contributed by atoms with E-state index in [1.54, 1.807) is 11.3 Å². The van der Waals surface area contributed by atoms with Crippen molar-refractivity contribution in [1.82, 2.24) is 10.3 Å². The van der Waals surface area contributed by atoms with Crippen molar-refractivity contribution < 1.29 is 0 Å². The number of pyridine rings is 1. The summed E-state index contributed by atoms with van der Waals surface area (Å²) in [6.07, 6.45) is 4.65. The molecule has 0 amide bonds. The van der Waals surface area contributed by atoms with Gasteiger partial charge in [0.25, 0.3) is 0 Å². The van der Waals surface area contributed by atoms with Crippen LogP contribution in [-0.4, -0.2) is 11.0 Å². The van der Waals surface area contributed by atoms with Crippen molar-refractivity contribution in [2.45, 2.75) is 32.4 Å². The van der Waals surface area contributed by atoms with Crippen LogP contribution in [0.5, 0.6) is 0 Å². The molecule has 1 aliphatic carbocycles. The Morgan fingerprint density at radius 1 is 1.50 bits per heavy atom. The second-order valence-corrected chi connectivity index (χ2v) is 5.75. The molecule has 0 aliphatic heterocycles. The Labute approximate surface area is 99.7 Å². The Morgan fingerprint density at radius 2 is 2.38 bits per heavy atom. The molecule has 0 bridgehead atoms. The summed E-state index contributed by atoms with van der Waals surface area (Å²) >= 11 is 1.77. The van der Waals surface area contributed by atoms with Gasteiger partial charge in [0.2, 0.25) is 0 Å². The average Bonchev–Trinajstić information content (AvgIpc) is 2.69. The van der Waals surface area contributed by atoms with Crippen molar-refractivity contribution in [3.8, 4) is 0 Å². The number of thiophene rings is 1. The minimum absolute atomic E-state index is 0.731. The molecule has 0 aromatic carbocycles. The third-order valence-electron chi connectivity index (χ3n) is 3.33. The maximum atomic E-state index is 4.45. The maximum absolute atomic E-state index is 4.45. The average molecular weight is 232 g/mol. The molecule has 16 heavy (non-hydrogen) atoms. The van der Waals surface area contributed by atoms with Gasteiger partial charge in [-0.2, -0.15) is 0 Å². The molecule has 0 atom stereocenters. The van der Waals surface area contributed by atoms with Crippen molar-refractivity contribution in [3.05, 3.63) is 29.3 Å². The zero-order valence-electron chi connectivity index (χ0n) is 9.44. The first-order chi connectivity index (χ1) is 7.81. The van der Waals surface area contributed by atoms with Gasteiger partial charge in [0.1, 0.15) is 0 Å². The predicted molar refractivity (Wildman–Crippen MR) is 68.6 cm³/mol. The second kappa shape index (κ2) is 4.15. The van der Waals surface area contributed by atoms with Crippen LogP contribution >= 0.6 is 11.3 Å². The van der Waals surface area contributed by atoms with Crippen LogP contribution in [0.25, 0.3) is 10.2 Å². The van der Waals surface area contributed by atoms with Crippen LogP contribution in [0.2, 0.25) is 0 Å². The molecule has 0 unspecified atom stereocenters. The molecule has 0 radical (unpaired) electrons. The lowest BCUT2D eigenvalue weighted by Gasteiger charge is -2.33. The lowest BCUT2D eigenvalue weighted by molar-refractivity contribution is 0.240. The summed E-state index contributed by atoms with van der Waals surface area (Å²) in [7, 11) is 0. The standard InChI is InChI=1S/C13H16N2S/c1-9-4-11(5-9)14-7-10-6-13-12(15-8-10)2-3-16-13/h2-3,6,8-9,11,14H,4-5,7H2,1H3. The number of nitrogens with zero attached hydrogens (tertiary/aromatic N) is 1. The van der Waals surface area contributed by atoms with E-state index in [-0.39, 0.29) is 0 Å². The monoisotopic (exact) mass is 232 g/mol. The van der Waals surface area contributed by atoms with E-state index < -0.39 is 0 Å². The summed E-state index contributed by atoms with van der Waals surface area (Å²) < 4.78 is 1.29. The molecular formula is C13H16N2S. The smallest absolute Gasteiger partial charge is 0.0809 e. The van der Waals surface area contributed by atoms with E-state index in [0.717, 1.165) is 24.0 Å². The predicted octanol–water partition coefficient (Wildman–Crippen LogP) is 3.18. The van der Waals surface area contributed by atoms with Gasteiger partial charge in [-0.05, 0) is 41.8 Å². The van der Waals surface area contributed by atoms with Gasteiger partial charge in [-0.1, -0.05) is 6.92 Å². The number of hydrogen-bond acceptors (Lipinski definition) is 3. The topological polar surface area (TPSA) is 24.9 Å². The third-order valence-corrected chi connectivity index (χ3v) is 4.18. The summed E-state index contributed by atoms with van der Waals surface area (Å²) in [5.74, 6) is 0.912. The molecule has 1 N–H and O–H groups in total. The lowest BCUT2D eigenvalue weighted by Crippen LogP contribution is -2.39. The Bertz CT molecular complexity index is 485. The molecule has 2 aromatic heterocycles. The van der Waals surface area contributed by atoms with Crippen LogP contribution in [0.15, 0.2) is 23.7 Å².